The first-order valence-electron chi connectivity index (χ1n) is 6.70. The van der Waals surface area contributed by atoms with Gasteiger partial charge in [-0.1, -0.05) is 12.1 Å². The van der Waals surface area contributed by atoms with Crippen molar-refractivity contribution in [1.82, 2.24) is 9.38 Å². The summed E-state index contributed by atoms with van der Waals surface area (Å²) in [5.74, 6) is 0.179. The van der Waals surface area contributed by atoms with Crippen LogP contribution in [0, 0.1) is 0 Å². The molecule has 1 amide bonds. The van der Waals surface area contributed by atoms with Crippen LogP contribution in [-0.4, -0.2) is 27.5 Å². The number of rotatable bonds is 4. The molecule has 0 radical (unpaired) electrons. The largest absolute Gasteiger partial charge is 0.497 e. The molecule has 3 N–H and O–H groups in total. The molecule has 0 aliphatic carbocycles. The lowest BCUT2D eigenvalue weighted by atomic mass is 10.1. The number of amides is 1. The van der Waals surface area contributed by atoms with Crippen molar-refractivity contribution in [3.8, 4) is 17.0 Å². The fourth-order valence-corrected chi connectivity index (χ4v) is 2.39. The fraction of sp³-hybridized carbons (Fsp3) is 0.125. The van der Waals surface area contributed by atoms with E-state index in [2.05, 4.69) is 4.98 Å². The smallest absolute Gasteiger partial charge is 0.250 e. The lowest BCUT2D eigenvalue weighted by Crippen LogP contribution is -2.12. The number of hydrogen-bond donors (Lipinski definition) is 2. The third kappa shape index (κ3) is 2.29. The van der Waals surface area contributed by atoms with Gasteiger partial charge in [0.2, 0.25) is 5.91 Å². The van der Waals surface area contributed by atoms with E-state index in [1.807, 2.05) is 24.3 Å². The maximum Gasteiger partial charge on any atom is 0.250 e. The molecule has 6 heteroatoms. The summed E-state index contributed by atoms with van der Waals surface area (Å²) >= 11 is 0. The van der Waals surface area contributed by atoms with E-state index < -0.39 is 5.91 Å². The van der Waals surface area contributed by atoms with Crippen LogP contribution in [0.5, 0.6) is 5.75 Å². The molecule has 2 aromatic heterocycles. The molecule has 0 spiro atoms. The summed E-state index contributed by atoms with van der Waals surface area (Å²) in [6.07, 6.45) is 1.58. The zero-order valence-electron chi connectivity index (χ0n) is 12.0. The summed E-state index contributed by atoms with van der Waals surface area (Å²) in [4.78, 5) is 15.8. The number of primary amides is 1. The molecule has 2 heterocycles. The van der Waals surface area contributed by atoms with Crippen LogP contribution < -0.4 is 10.5 Å². The molecule has 0 unspecified atom stereocenters. The van der Waals surface area contributed by atoms with Crippen LogP contribution in [0.25, 0.3) is 16.9 Å². The minimum Gasteiger partial charge on any atom is -0.497 e. The standard InChI is InChI=1S/C16H15N3O3/c1-22-12-4-2-3-10(7-12)15-13(9-20)19-8-11(16(17)21)5-6-14(19)18-15/h2-8,20H,9H2,1H3,(H2,17,21). The van der Waals surface area contributed by atoms with Crippen molar-refractivity contribution in [3.05, 3.63) is 53.9 Å². The lowest BCUT2D eigenvalue weighted by molar-refractivity contribution is 0.1000. The topological polar surface area (TPSA) is 89.9 Å². The summed E-state index contributed by atoms with van der Waals surface area (Å²) in [5, 5.41) is 9.71. The van der Waals surface area contributed by atoms with Gasteiger partial charge >= 0.3 is 0 Å². The SMILES string of the molecule is COc1cccc(-c2nc3ccc(C(N)=O)cn3c2CO)c1. The van der Waals surface area contributed by atoms with Gasteiger partial charge in [0, 0.05) is 11.8 Å². The zero-order valence-corrected chi connectivity index (χ0v) is 12.0. The van der Waals surface area contributed by atoms with Gasteiger partial charge in [0.05, 0.1) is 30.7 Å². The number of methoxy groups -OCH3 is 1. The van der Waals surface area contributed by atoms with Crippen LogP contribution in [0.3, 0.4) is 0 Å². The van der Waals surface area contributed by atoms with Crippen molar-refractivity contribution < 1.29 is 14.6 Å². The van der Waals surface area contributed by atoms with Gasteiger partial charge in [-0.3, -0.25) is 4.79 Å². The van der Waals surface area contributed by atoms with E-state index in [1.165, 1.54) is 0 Å². The molecule has 0 fully saturated rings. The van der Waals surface area contributed by atoms with E-state index in [4.69, 9.17) is 10.5 Å². The summed E-state index contributed by atoms with van der Waals surface area (Å²) in [6.45, 7) is -0.212. The van der Waals surface area contributed by atoms with Gasteiger partial charge in [0.15, 0.2) is 0 Å². The molecule has 0 saturated heterocycles. The highest BCUT2D eigenvalue weighted by Gasteiger charge is 2.15. The Kier molecular flexibility index (Phi) is 3.52. The van der Waals surface area contributed by atoms with Crippen molar-refractivity contribution in [2.75, 3.05) is 7.11 Å². The van der Waals surface area contributed by atoms with Gasteiger partial charge in [0.25, 0.3) is 0 Å². The third-order valence-corrected chi connectivity index (χ3v) is 3.49. The molecule has 1 aromatic carbocycles. The second kappa shape index (κ2) is 5.50. The number of benzene rings is 1. The number of carbonyl (C=O) groups excluding carboxylic acids is 1. The summed E-state index contributed by atoms with van der Waals surface area (Å²) in [7, 11) is 1.59. The first-order valence-corrected chi connectivity index (χ1v) is 6.70. The molecule has 0 aliphatic heterocycles. The average Bonchev–Trinajstić information content (AvgIpc) is 2.92. The van der Waals surface area contributed by atoms with Crippen molar-refractivity contribution in [2.24, 2.45) is 5.73 Å². The molecular weight excluding hydrogens is 282 g/mol. The number of carbonyl (C=O) groups is 1. The maximum absolute atomic E-state index is 11.3. The Morgan fingerprint density at radius 3 is 2.86 bits per heavy atom. The van der Waals surface area contributed by atoms with Crippen LogP contribution in [0.4, 0.5) is 0 Å². The molecule has 6 nitrogen and oxygen atoms in total. The molecule has 112 valence electrons. The number of ether oxygens (including phenoxy) is 1. The number of hydrogen-bond acceptors (Lipinski definition) is 4. The molecule has 3 rings (SSSR count). The quantitative estimate of drug-likeness (QED) is 0.765. The Labute approximate surface area is 126 Å². The van der Waals surface area contributed by atoms with Crippen molar-refractivity contribution in [3.63, 3.8) is 0 Å². The predicted molar refractivity (Wildman–Crippen MR) is 81.6 cm³/mol. The number of fused-ring (bicyclic) bond motifs is 1. The van der Waals surface area contributed by atoms with Crippen molar-refractivity contribution in [2.45, 2.75) is 6.61 Å². The highest BCUT2D eigenvalue weighted by Crippen LogP contribution is 2.27. The summed E-state index contributed by atoms with van der Waals surface area (Å²) in [6, 6.07) is 10.7. The zero-order chi connectivity index (χ0) is 15.7. The van der Waals surface area contributed by atoms with E-state index in [1.54, 1.807) is 29.8 Å². The maximum atomic E-state index is 11.3. The molecule has 0 bridgehead atoms. The van der Waals surface area contributed by atoms with Crippen LogP contribution in [0.15, 0.2) is 42.6 Å². The number of aliphatic hydroxyl groups is 1. The van der Waals surface area contributed by atoms with E-state index in [0.717, 1.165) is 5.56 Å². The van der Waals surface area contributed by atoms with Crippen LogP contribution in [-0.2, 0) is 6.61 Å². The summed E-state index contributed by atoms with van der Waals surface area (Å²) in [5.41, 5.74) is 8.35. The Morgan fingerprint density at radius 2 is 2.18 bits per heavy atom. The monoisotopic (exact) mass is 297 g/mol. The average molecular weight is 297 g/mol. The third-order valence-electron chi connectivity index (χ3n) is 3.49. The van der Waals surface area contributed by atoms with Gasteiger partial charge < -0.3 is 20.0 Å². The minimum atomic E-state index is -0.526. The molecule has 0 atom stereocenters. The van der Waals surface area contributed by atoms with Gasteiger partial charge in [-0.25, -0.2) is 4.98 Å². The molecule has 0 aliphatic rings. The first kappa shape index (κ1) is 14.1. The van der Waals surface area contributed by atoms with Crippen molar-refractivity contribution >= 4 is 11.6 Å². The van der Waals surface area contributed by atoms with Crippen LogP contribution in [0.2, 0.25) is 0 Å². The van der Waals surface area contributed by atoms with Crippen LogP contribution >= 0.6 is 0 Å². The highest BCUT2D eigenvalue weighted by molar-refractivity contribution is 5.92. The van der Waals surface area contributed by atoms with E-state index >= 15 is 0 Å². The second-order valence-corrected chi connectivity index (χ2v) is 4.81. The number of aliphatic hydroxyl groups excluding tert-OH is 1. The number of pyridine rings is 1. The Hall–Kier alpha value is -2.86. The highest BCUT2D eigenvalue weighted by atomic mass is 16.5. The van der Waals surface area contributed by atoms with Gasteiger partial charge in [-0.05, 0) is 24.3 Å². The van der Waals surface area contributed by atoms with Crippen molar-refractivity contribution in [1.29, 1.82) is 0 Å². The minimum absolute atomic E-state index is 0.212. The van der Waals surface area contributed by atoms with E-state index in [-0.39, 0.29) is 6.61 Å². The van der Waals surface area contributed by atoms with E-state index in [0.29, 0.717) is 28.3 Å². The van der Waals surface area contributed by atoms with Gasteiger partial charge in [0.1, 0.15) is 11.4 Å². The Bertz CT molecular complexity index is 855. The van der Waals surface area contributed by atoms with E-state index in [9.17, 15) is 9.90 Å². The van der Waals surface area contributed by atoms with Crippen LogP contribution in [0.1, 0.15) is 16.1 Å². The second-order valence-electron chi connectivity index (χ2n) is 4.81. The number of nitrogens with two attached hydrogens (primary N) is 1. The number of nitrogens with zero attached hydrogens (tertiary/aromatic N) is 2. The molecule has 3 aromatic rings. The molecule has 0 saturated carbocycles. The number of imidazole rings is 1. The predicted octanol–water partition coefficient (Wildman–Crippen LogP) is 1.60. The summed E-state index contributed by atoms with van der Waals surface area (Å²) < 4.78 is 6.89. The molecular formula is C16H15N3O3. The normalized spacial score (nSPS) is 10.8. The number of aromatic nitrogens is 2. The fourth-order valence-electron chi connectivity index (χ4n) is 2.39. The van der Waals surface area contributed by atoms with Gasteiger partial charge in [-0.15, -0.1) is 0 Å². The molecule has 22 heavy (non-hydrogen) atoms. The lowest BCUT2D eigenvalue weighted by Gasteiger charge is -2.05. The Morgan fingerprint density at radius 1 is 1.36 bits per heavy atom. The van der Waals surface area contributed by atoms with Gasteiger partial charge in [-0.2, -0.15) is 0 Å². The first-order chi connectivity index (χ1) is 10.6. The Balaban J connectivity index is 2.23.